The van der Waals surface area contributed by atoms with Gasteiger partial charge in [0.25, 0.3) is 5.91 Å². The van der Waals surface area contributed by atoms with Gasteiger partial charge in [-0.15, -0.1) is 0 Å². The number of nitrogens with one attached hydrogen (secondary N) is 1. The van der Waals surface area contributed by atoms with E-state index in [1.165, 1.54) is 6.20 Å². The van der Waals surface area contributed by atoms with Crippen molar-refractivity contribution in [1.82, 2.24) is 14.9 Å². The minimum absolute atomic E-state index is 0.0202. The van der Waals surface area contributed by atoms with Gasteiger partial charge in [0.05, 0.1) is 11.9 Å². The first-order valence-electron chi connectivity index (χ1n) is 6.65. The summed E-state index contributed by atoms with van der Waals surface area (Å²) < 4.78 is 0. The molecule has 0 aromatic carbocycles. The standard InChI is InChI=1S/C12H18N6O3/c13-2-1-9(19)18-5-3-17(4-6-18)8-7-15-12(21)16-10(8)11(14)20/h7H,1-6,13H2,(H2,14,20)(H,15,16,21). The highest BCUT2D eigenvalue weighted by Gasteiger charge is 2.23. The second-order valence-corrected chi connectivity index (χ2v) is 4.72. The molecule has 0 aliphatic carbocycles. The second kappa shape index (κ2) is 6.35. The summed E-state index contributed by atoms with van der Waals surface area (Å²) in [4.78, 5) is 43.9. The van der Waals surface area contributed by atoms with E-state index in [0.717, 1.165) is 0 Å². The van der Waals surface area contributed by atoms with E-state index in [1.54, 1.807) is 4.90 Å². The summed E-state index contributed by atoms with van der Waals surface area (Å²) in [5.74, 6) is -0.696. The van der Waals surface area contributed by atoms with E-state index in [4.69, 9.17) is 11.5 Å². The van der Waals surface area contributed by atoms with Crippen LogP contribution in [0.25, 0.3) is 0 Å². The minimum Gasteiger partial charge on any atom is -0.365 e. The molecule has 0 radical (unpaired) electrons. The molecule has 1 aromatic heterocycles. The zero-order valence-corrected chi connectivity index (χ0v) is 11.5. The number of hydrogen-bond acceptors (Lipinski definition) is 6. The first kappa shape index (κ1) is 15.0. The van der Waals surface area contributed by atoms with Crippen LogP contribution in [0.1, 0.15) is 16.9 Å². The molecule has 2 amide bonds. The maximum absolute atomic E-state index is 11.8. The van der Waals surface area contributed by atoms with Gasteiger partial charge in [0.15, 0.2) is 0 Å². The Balaban J connectivity index is 2.11. The van der Waals surface area contributed by atoms with Crippen molar-refractivity contribution in [3.8, 4) is 0 Å². The van der Waals surface area contributed by atoms with E-state index in [9.17, 15) is 14.4 Å². The SMILES string of the molecule is NCCC(=O)N1CCN(c2cnc(=O)[nH]c2C(N)=O)CC1. The molecule has 0 unspecified atom stereocenters. The third-order valence-corrected chi connectivity index (χ3v) is 3.37. The molecule has 9 heteroatoms. The topological polar surface area (TPSA) is 138 Å². The van der Waals surface area contributed by atoms with Gasteiger partial charge in [-0.25, -0.2) is 4.79 Å². The number of rotatable bonds is 4. The van der Waals surface area contributed by atoms with E-state index in [-0.39, 0.29) is 11.6 Å². The van der Waals surface area contributed by atoms with Crippen molar-refractivity contribution < 1.29 is 9.59 Å². The van der Waals surface area contributed by atoms with E-state index >= 15 is 0 Å². The molecule has 1 aromatic rings. The summed E-state index contributed by atoms with van der Waals surface area (Å²) in [7, 11) is 0. The number of primary amides is 1. The monoisotopic (exact) mass is 294 g/mol. The van der Waals surface area contributed by atoms with Gasteiger partial charge < -0.3 is 21.3 Å². The molecule has 1 fully saturated rings. The summed E-state index contributed by atoms with van der Waals surface area (Å²) in [6.07, 6.45) is 1.66. The number of nitrogens with two attached hydrogens (primary N) is 2. The van der Waals surface area contributed by atoms with Gasteiger partial charge in [-0.1, -0.05) is 0 Å². The molecule has 0 atom stereocenters. The Morgan fingerprint density at radius 2 is 1.95 bits per heavy atom. The fourth-order valence-corrected chi connectivity index (χ4v) is 2.29. The van der Waals surface area contributed by atoms with E-state index < -0.39 is 11.6 Å². The highest BCUT2D eigenvalue weighted by Crippen LogP contribution is 2.18. The average molecular weight is 294 g/mol. The summed E-state index contributed by atoms with van der Waals surface area (Å²) in [6.45, 7) is 2.44. The molecule has 9 nitrogen and oxygen atoms in total. The van der Waals surface area contributed by atoms with Crippen molar-refractivity contribution in [2.24, 2.45) is 11.5 Å². The third kappa shape index (κ3) is 3.37. The van der Waals surface area contributed by atoms with Crippen molar-refractivity contribution in [3.05, 3.63) is 22.4 Å². The number of nitrogens with zero attached hydrogens (tertiary/aromatic N) is 3. The lowest BCUT2D eigenvalue weighted by atomic mass is 10.2. The molecular formula is C12H18N6O3. The molecule has 2 heterocycles. The fourth-order valence-electron chi connectivity index (χ4n) is 2.29. The highest BCUT2D eigenvalue weighted by molar-refractivity contribution is 5.96. The van der Waals surface area contributed by atoms with Crippen LogP contribution in [0.2, 0.25) is 0 Å². The maximum atomic E-state index is 11.8. The number of piperazine rings is 1. The number of H-pyrrole nitrogens is 1. The number of amides is 2. The fraction of sp³-hybridized carbons (Fsp3) is 0.500. The van der Waals surface area contributed by atoms with Crippen LogP contribution < -0.4 is 22.1 Å². The Morgan fingerprint density at radius 1 is 1.29 bits per heavy atom. The van der Waals surface area contributed by atoms with E-state index in [1.807, 2.05) is 4.90 Å². The average Bonchev–Trinajstić information content (AvgIpc) is 2.47. The zero-order valence-electron chi connectivity index (χ0n) is 11.5. The van der Waals surface area contributed by atoms with Gasteiger partial charge >= 0.3 is 5.69 Å². The van der Waals surface area contributed by atoms with Gasteiger partial charge in [-0.2, -0.15) is 4.98 Å². The van der Waals surface area contributed by atoms with Crippen LogP contribution in [0.5, 0.6) is 0 Å². The zero-order chi connectivity index (χ0) is 15.4. The molecule has 2 rings (SSSR count). The Morgan fingerprint density at radius 3 is 2.52 bits per heavy atom. The Labute approximate surface area is 120 Å². The van der Waals surface area contributed by atoms with Crippen LogP contribution in [0.3, 0.4) is 0 Å². The maximum Gasteiger partial charge on any atom is 0.345 e. The molecule has 1 aliphatic heterocycles. The predicted octanol–water partition coefficient (Wildman–Crippen LogP) is -2.13. The van der Waals surface area contributed by atoms with Crippen LogP contribution in [0.15, 0.2) is 11.0 Å². The number of hydrogen-bond donors (Lipinski definition) is 3. The van der Waals surface area contributed by atoms with Crippen LogP contribution >= 0.6 is 0 Å². The Hall–Kier alpha value is -2.42. The number of anilines is 1. The van der Waals surface area contributed by atoms with Crippen molar-refractivity contribution in [2.45, 2.75) is 6.42 Å². The lowest BCUT2D eigenvalue weighted by Gasteiger charge is -2.36. The lowest BCUT2D eigenvalue weighted by Crippen LogP contribution is -2.49. The molecule has 1 aliphatic rings. The van der Waals surface area contributed by atoms with E-state index in [2.05, 4.69) is 9.97 Å². The normalized spacial score (nSPS) is 15.1. The van der Waals surface area contributed by atoms with Gasteiger partial charge in [-0.3, -0.25) is 14.6 Å². The van der Waals surface area contributed by atoms with Gasteiger partial charge in [-0.05, 0) is 0 Å². The molecule has 114 valence electrons. The molecule has 0 saturated carbocycles. The number of aromatic nitrogens is 2. The Kier molecular flexibility index (Phi) is 4.53. The predicted molar refractivity (Wildman–Crippen MR) is 75.8 cm³/mol. The van der Waals surface area contributed by atoms with Crippen molar-refractivity contribution in [1.29, 1.82) is 0 Å². The van der Waals surface area contributed by atoms with Crippen LogP contribution in [-0.2, 0) is 4.79 Å². The minimum atomic E-state index is -0.717. The first-order chi connectivity index (χ1) is 10.0. The quantitative estimate of drug-likeness (QED) is 0.579. The Bertz CT molecular complexity index is 591. The second-order valence-electron chi connectivity index (χ2n) is 4.72. The molecule has 1 saturated heterocycles. The summed E-state index contributed by atoms with van der Waals surface area (Å²) in [6, 6.07) is 0. The van der Waals surface area contributed by atoms with Crippen LogP contribution in [0.4, 0.5) is 5.69 Å². The lowest BCUT2D eigenvalue weighted by molar-refractivity contribution is -0.131. The smallest absolute Gasteiger partial charge is 0.345 e. The summed E-state index contributed by atoms with van der Waals surface area (Å²) >= 11 is 0. The molecule has 21 heavy (non-hydrogen) atoms. The summed E-state index contributed by atoms with van der Waals surface area (Å²) in [5, 5.41) is 0. The van der Waals surface area contributed by atoms with E-state index in [0.29, 0.717) is 44.8 Å². The molecule has 5 N–H and O–H groups in total. The number of carbonyl (C=O) groups is 2. The van der Waals surface area contributed by atoms with Gasteiger partial charge in [0.1, 0.15) is 5.69 Å². The largest absolute Gasteiger partial charge is 0.365 e. The molecule has 0 bridgehead atoms. The van der Waals surface area contributed by atoms with Crippen molar-refractivity contribution >= 4 is 17.5 Å². The number of aromatic amines is 1. The first-order valence-corrected chi connectivity index (χ1v) is 6.65. The number of carbonyl (C=O) groups excluding carboxylic acids is 2. The van der Waals surface area contributed by atoms with Gasteiger partial charge in [0, 0.05) is 39.1 Å². The van der Waals surface area contributed by atoms with Crippen molar-refractivity contribution in [2.75, 3.05) is 37.6 Å². The molecular weight excluding hydrogens is 276 g/mol. The van der Waals surface area contributed by atoms with Gasteiger partial charge in [0.2, 0.25) is 5.91 Å². The summed E-state index contributed by atoms with van der Waals surface area (Å²) in [5.41, 5.74) is 10.5. The highest BCUT2D eigenvalue weighted by atomic mass is 16.2. The molecule has 0 spiro atoms. The third-order valence-electron chi connectivity index (χ3n) is 3.37. The van der Waals surface area contributed by atoms with Crippen LogP contribution in [0, 0.1) is 0 Å². The van der Waals surface area contributed by atoms with Crippen LogP contribution in [-0.4, -0.2) is 59.4 Å². The van der Waals surface area contributed by atoms with Crippen molar-refractivity contribution in [3.63, 3.8) is 0 Å².